The molecule has 4 rings (SSSR count). The summed E-state index contributed by atoms with van der Waals surface area (Å²) in [5.74, 6) is -1.47. The van der Waals surface area contributed by atoms with Crippen molar-refractivity contribution in [2.45, 2.75) is 31.1 Å². The molecule has 0 bridgehead atoms. The minimum atomic E-state index is -0.752. The molecular weight excluding hydrogens is 380 g/mol. The maximum absolute atomic E-state index is 13.8. The lowest BCUT2D eigenvalue weighted by atomic mass is 9.77. The van der Waals surface area contributed by atoms with Crippen molar-refractivity contribution in [1.29, 1.82) is 0 Å². The van der Waals surface area contributed by atoms with Gasteiger partial charge in [0.15, 0.2) is 0 Å². The second-order valence-electron chi connectivity index (χ2n) is 7.16. The van der Waals surface area contributed by atoms with E-state index in [0.29, 0.717) is 17.2 Å². The van der Waals surface area contributed by atoms with Crippen LogP contribution in [-0.4, -0.2) is 22.5 Å². The average Bonchev–Trinajstić information content (AvgIpc) is 3.05. The van der Waals surface area contributed by atoms with Crippen LogP contribution in [0.2, 0.25) is 0 Å². The Kier molecular flexibility index (Phi) is 4.97. The third kappa shape index (κ3) is 3.02. The molecule has 146 valence electrons. The van der Waals surface area contributed by atoms with Crippen LogP contribution in [0.15, 0.2) is 47.6 Å². The smallest absolute Gasteiger partial charge is 0.241 e. The Morgan fingerprint density at radius 1 is 1.29 bits per heavy atom. The molecule has 7 heteroatoms. The fourth-order valence-corrected chi connectivity index (χ4v) is 5.89. The van der Waals surface area contributed by atoms with Crippen molar-refractivity contribution in [3.8, 4) is 0 Å². The van der Waals surface area contributed by atoms with Crippen LogP contribution in [0.1, 0.15) is 36.5 Å². The summed E-state index contributed by atoms with van der Waals surface area (Å²) in [5, 5.41) is 6.47. The molecule has 1 heterocycles. The molecule has 0 saturated carbocycles. The van der Waals surface area contributed by atoms with E-state index in [0.717, 1.165) is 36.5 Å². The van der Waals surface area contributed by atoms with E-state index in [-0.39, 0.29) is 11.8 Å². The Hall–Kier alpha value is -2.25. The van der Waals surface area contributed by atoms with Gasteiger partial charge in [0.1, 0.15) is 21.5 Å². The number of fused-ring (bicyclic) bond motifs is 2. The first kappa shape index (κ1) is 19.1. The number of hydrogen-bond acceptors (Lipinski definition) is 4. The number of halogens is 2. The van der Waals surface area contributed by atoms with E-state index in [9.17, 15) is 13.6 Å². The van der Waals surface area contributed by atoms with Crippen LogP contribution in [0, 0.1) is 17.6 Å². The number of nitrogens with two attached hydrogens (primary N) is 1. The zero-order valence-electron chi connectivity index (χ0n) is 15.5. The molecule has 28 heavy (non-hydrogen) atoms. The highest BCUT2D eigenvalue weighted by Crippen LogP contribution is 2.57. The highest BCUT2D eigenvalue weighted by molar-refractivity contribution is 8.15. The van der Waals surface area contributed by atoms with Gasteiger partial charge in [0, 0.05) is 18.6 Å². The fourth-order valence-electron chi connectivity index (χ4n) is 4.27. The largest absolute Gasteiger partial charge is 0.330 e. The van der Waals surface area contributed by atoms with Crippen molar-refractivity contribution in [3.05, 3.63) is 70.8 Å². The standard InChI is InChI=1S/C21H21F2N3OS/c1-13(27)26-21(28-20(25-26)15-10-17(22)12-18(23)11-15)16(8-9-24)7-6-14-4-2-3-5-19(14)21/h2-5,10-12,16H,6-9,24H2,1H3/t16-,21+/m0/s1. The zero-order valence-corrected chi connectivity index (χ0v) is 16.3. The van der Waals surface area contributed by atoms with Crippen molar-refractivity contribution in [2.24, 2.45) is 16.8 Å². The third-order valence-electron chi connectivity index (χ3n) is 5.40. The third-order valence-corrected chi connectivity index (χ3v) is 6.95. The van der Waals surface area contributed by atoms with E-state index >= 15 is 0 Å². The van der Waals surface area contributed by atoms with E-state index < -0.39 is 16.5 Å². The van der Waals surface area contributed by atoms with Crippen molar-refractivity contribution in [3.63, 3.8) is 0 Å². The van der Waals surface area contributed by atoms with E-state index in [1.54, 1.807) is 0 Å². The molecule has 2 N–H and O–H groups in total. The molecule has 0 saturated heterocycles. The van der Waals surface area contributed by atoms with E-state index in [2.05, 4.69) is 11.2 Å². The number of amides is 1. The number of benzene rings is 2. The summed E-state index contributed by atoms with van der Waals surface area (Å²) in [7, 11) is 0. The summed E-state index contributed by atoms with van der Waals surface area (Å²) in [6.45, 7) is 1.96. The molecule has 0 aromatic heterocycles. The summed E-state index contributed by atoms with van der Waals surface area (Å²) in [5.41, 5.74) is 8.41. The Morgan fingerprint density at radius 3 is 2.68 bits per heavy atom. The lowest BCUT2D eigenvalue weighted by Gasteiger charge is -2.45. The van der Waals surface area contributed by atoms with Crippen molar-refractivity contribution >= 4 is 22.7 Å². The van der Waals surface area contributed by atoms with Gasteiger partial charge in [-0.05, 0) is 55.0 Å². The van der Waals surface area contributed by atoms with Gasteiger partial charge in [-0.2, -0.15) is 5.10 Å². The molecule has 2 aromatic rings. The summed E-state index contributed by atoms with van der Waals surface area (Å²) in [6.07, 6.45) is 2.50. The minimum Gasteiger partial charge on any atom is -0.330 e. The first-order valence-electron chi connectivity index (χ1n) is 9.29. The van der Waals surface area contributed by atoms with Gasteiger partial charge < -0.3 is 5.73 Å². The highest BCUT2D eigenvalue weighted by atomic mass is 32.2. The van der Waals surface area contributed by atoms with Crippen molar-refractivity contribution < 1.29 is 13.6 Å². The Bertz CT molecular complexity index is 944. The van der Waals surface area contributed by atoms with Crippen LogP contribution in [0.5, 0.6) is 0 Å². The summed E-state index contributed by atoms with van der Waals surface area (Å²) >= 11 is 1.40. The van der Waals surface area contributed by atoms with Crippen LogP contribution in [0.3, 0.4) is 0 Å². The molecule has 0 fully saturated rings. The van der Waals surface area contributed by atoms with Gasteiger partial charge in [-0.25, -0.2) is 13.8 Å². The number of carbonyl (C=O) groups excluding carboxylic acids is 1. The first-order chi connectivity index (χ1) is 13.5. The fraction of sp³-hybridized carbons (Fsp3) is 0.333. The molecule has 1 aliphatic carbocycles. The molecule has 1 spiro atoms. The molecule has 0 radical (unpaired) electrons. The second kappa shape index (κ2) is 7.29. The monoisotopic (exact) mass is 401 g/mol. The van der Waals surface area contributed by atoms with Crippen molar-refractivity contribution in [1.82, 2.24) is 5.01 Å². The average molecular weight is 401 g/mol. The summed E-state index contributed by atoms with van der Waals surface area (Å²) < 4.78 is 27.6. The predicted octanol–water partition coefficient (Wildman–Crippen LogP) is 3.99. The number of rotatable bonds is 3. The van der Waals surface area contributed by atoms with E-state index in [1.807, 2.05) is 18.2 Å². The lowest BCUT2D eigenvalue weighted by Crippen LogP contribution is -2.49. The molecule has 2 atom stereocenters. The molecule has 2 aromatic carbocycles. The minimum absolute atomic E-state index is 0.0842. The second-order valence-corrected chi connectivity index (χ2v) is 8.38. The van der Waals surface area contributed by atoms with Gasteiger partial charge in [0.2, 0.25) is 5.91 Å². The van der Waals surface area contributed by atoms with Crippen LogP contribution >= 0.6 is 11.8 Å². The number of hydrogen-bond donors (Lipinski definition) is 1. The van der Waals surface area contributed by atoms with Crippen LogP contribution in [-0.2, 0) is 16.1 Å². The molecule has 0 unspecified atom stereocenters. The Labute approximate surface area is 166 Å². The van der Waals surface area contributed by atoms with Crippen molar-refractivity contribution in [2.75, 3.05) is 6.54 Å². The highest BCUT2D eigenvalue weighted by Gasteiger charge is 2.54. The van der Waals surface area contributed by atoms with Crippen LogP contribution in [0.25, 0.3) is 0 Å². The predicted molar refractivity (Wildman–Crippen MR) is 107 cm³/mol. The Morgan fingerprint density at radius 2 is 2.00 bits per heavy atom. The molecule has 4 nitrogen and oxygen atoms in total. The Balaban J connectivity index is 1.88. The normalized spacial score (nSPS) is 23.6. The summed E-state index contributed by atoms with van der Waals surface area (Å²) in [4.78, 5) is 11.9. The molecule has 1 aliphatic heterocycles. The topological polar surface area (TPSA) is 58.7 Å². The quantitative estimate of drug-likeness (QED) is 0.846. The maximum atomic E-state index is 13.8. The number of hydrazone groups is 1. The number of aryl methyl sites for hydroxylation is 1. The lowest BCUT2D eigenvalue weighted by molar-refractivity contribution is -0.134. The van der Waals surface area contributed by atoms with E-state index in [1.165, 1.54) is 35.8 Å². The van der Waals surface area contributed by atoms with Gasteiger partial charge in [-0.3, -0.25) is 4.79 Å². The van der Waals surface area contributed by atoms with Gasteiger partial charge >= 0.3 is 0 Å². The van der Waals surface area contributed by atoms with Gasteiger partial charge in [-0.15, -0.1) is 0 Å². The molecular formula is C21H21F2N3OS. The maximum Gasteiger partial charge on any atom is 0.241 e. The van der Waals surface area contributed by atoms with Crippen LogP contribution < -0.4 is 5.73 Å². The zero-order chi connectivity index (χ0) is 19.9. The van der Waals surface area contributed by atoms with Gasteiger partial charge in [0.05, 0.1) is 0 Å². The molecule has 2 aliphatic rings. The number of thioether (sulfide) groups is 1. The van der Waals surface area contributed by atoms with Gasteiger partial charge in [-0.1, -0.05) is 36.0 Å². The van der Waals surface area contributed by atoms with E-state index in [4.69, 9.17) is 5.73 Å². The number of carbonyl (C=O) groups is 1. The molecule has 1 amide bonds. The SMILES string of the molecule is CC(=O)N1N=C(c2cc(F)cc(F)c2)S[C@]12c1ccccc1CC[C@H]2CCN. The number of nitrogens with zero attached hydrogens (tertiary/aromatic N) is 2. The first-order valence-corrected chi connectivity index (χ1v) is 10.1. The summed E-state index contributed by atoms with van der Waals surface area (Å²) in [6, 6.07) is 11.3. The van der Waals surface area contributed by atoms with Crippen LogP contribution in [0.4, 0.5) is 8.78 Å². The van der Waals surface area contributed by atoms with Gasteiger partial charge in [0.25, 0.3) is 0 Å².